The number of amides is 1. The Bertz CT molecular complexity index is 1310. The van der Waals surface area contributed by atoms with Gasteiger partial charge in [-0.3, -0.25) is 9.59 Å². The lowest BCUT2D eigenvalue weighted by atomic mass is 10.0. The molecule has 0 bridgehead atoms. The van der Waals surface area contributed by atoms with Gasteiger partial charge in [0.15, 0.2) is 0 Å². The molecule has 6 nitrogen and oxygen atoms in total. The van der Waals surface area contributed by atoms with Crippen LogP contribution in [0, 0.1) is 0 Å². The van der Waals surface area contributed by atoms with Crippen LogP contribution < -0.4 is 5.32 Å². The fraction of sp³-hybridized carbons (Fsp3) is 0.788. The lowest BCUT2D eigenvalue weighted by Gasteiger charge is -2.24. The van der Waals surface area contributed by atoms with Gasteiger partial charge in [0.2, 0.25) is 5.91 Å². The number of nitrogens with one attached hydrogen (secondary N) is 1. The molecule has 0 spiro atoms. The zero-order chi connectivity index (χ0) is 52.3. The van der Waals surface area contributed by atoms with E-state index in [1.807, 2.05) is 0 Å². The van der Waals surface area contributed by atoms with Crippen molar-refractivity contribution in [2.75, 3.05) is 6.61 Å². The lowest BCUT2D eigenvalue weighted by molar-refractivity contribution is -0.151. The summed E-state index contributed by atoms with van der Waals surface area (Å²) in [5.41, 5.74) is 0. The molecule has 0 aliphatic rings. The van der Waals surface area contributed by atoms with Gasteiger partial charge in [-0.2, -0.15) is 0 Å². The Hall–Kier alpha value is -2.70. The standard InChI is InChI=1S/C66H119NO5/c1-4-7-10-13-16-19-22-25-28-31-32-35-38-41-44-47-50-53-56-59-66(71)72-62(57-54-51-48-45-42-39-36-33-29-26-23-20-17-14-11-8-5-2)60-65(70)67-63(61-68)64(69)58-55-52-49-46-43-40-37-34-30-27-24-21-18-15-12-9-6-3/h16-17,19-20,25-26,28-29,32,35-36,39,62-64,68-69H,4-15,18,21-24,27,30-31,33-34,37-38,40-61H2,1-3H3,(H,67,70)/b19-16-,20-17-,28-25-,29-26-,35-32-,39-36-. The first-order valence-corrected chi connectivity index (χ1v) is 31.2. The molecule has 0 aliphatic heterocycles. The predicted octanol–water partition coefficient (Wildman–Crippen LogP) is 19.7. The van der Waals surface area contributed by atoms with Crippen LogP contribution in [0.25, 0.3) is 0 Å². The molecule has 418 valence electrons. The predicted molar refractivity (Wildman–Crippen MR) is 315 cm³/mol. The van der Waals surface area contributed by atoms with Crippen LogP contribution in [0.1, 0.15) is 310 Å². The van der Waals surface area contributed by atoms with Crippen LogP contribution >= 0.6 is 0 Å². The average Bonchev–Trinajstić information content (AvgIpc) is 3.37. The van der Waals surface area contributed by atoms with E-state index in [1.54, 1.807) is 0 Å². The summed E-state index contributed by atoms with van der Waals surface area (Å²) in [4.78, 5) is 26.4. The molecule has 0 heterocycles. The van der Waals surface area contributed by atoms with Crippen molar-refractivity contribution in [1.29, 1.82) is 0 Å². The third-order valence-electron chi connectivity index (χ3n) is 14.0. The van der Waals surface area contributed by atoms with Gasteiger partial charge in [0.1, 0.15) is 6.10 Å². The Morgan fingerprint density at radius 3 is 1.10 bits per heavy atom. The minimum absolute atomic E-state index is 0.0558. The molecule has 0 aromatic carbocycles. The molecule has 1 amide bonds. The number of unbranched alkanes of at least 4 members (excludes halogenated alkanes) is 32. The summed E-state index contributed by atoms with van der Waals surface area (Å²) in [5, 5.41) is 24.0. The van der Waals surface area contributed by atoms with Gasteiger partial charge in [0.05, 0.1) is 25.2 Å². The first-order valence-electron chi connectivity index (χ1n) is 31.2. The van der Waals surface area contributed by atoms with Gasteiger partial charge in [-0.15, -0.1) is 0 Å². The van der Waals surface area contributed by atoms with Gasteiger partial charge < -0.3 is 20.3 Å². The van der Waals surface area contributed by atoms with E-state index in [4.69, 9.17) is 4.74 Å². The summed E-state index contributed by atoms with van der Waals surface area (Å²) in [7, 11) is 0. The molecule has 3 unspecified atom stereocenters. The van der Waals surface area contributed by atoms with Gasteiger partial charge in [-0.25, -0.2) is 0 Å². The summed E-state index contributed by atoms with van der Waals surface area (Å²) in [5.74, 6) is -0.502. The highest BCUT2D eigenvalue weighted by Crippen LogP contribution is 2.18. The third kappa shape index (κ3) is 53.6. The van der Waals surface area contributed by atoms with Gasteiger partial charge in [-0.05, 0) is 103 Å². The number of aliphatic hydroxyl groups is 2. The van der Waals surface area contributed by atoms with Crippen LogP contribution in [0.3, 0.4) is 0 Å². The zero-order valence-electron chi connectivity index (χ0n) is 47.8. The average molecular weight is 1010 g/mol. The number of ether oxygens (including phenoxy) is 1. The van der Waals surface area contributed by atoms with Gasteiger partial charge in [-0.1, -0.05) is 267 Å². The molecule has 0 radical (unpaired) electrons. The van der Waals surface area contributed by atoms with E-state index < -0.39 is 18.2 Å². The van der Waals surface area contributed by atoms with Gasteiger partial charge in [0.25, 0.3) is 0 Å². The summed E-state index contributed by atoms with van der Waals surface area (Å²) < 4.78 is 5.97. The minimum atomic E-state index is -0.801. The highest BCUT2D eigenvalue weighted by molar-refractivity contribution is 5.77. The molecular weight excluding hydrogens is 887 g/mol. The Labute approximate surface area is 447 Å². The SMILES string of the molecule is CCCCC/C=C\C/C=C\C/C=C\CCCCCCCCC(=O)OC(CCCCCC/C=C\C/C=C\C/C=C\CCCCC)CC(=O)NC(CO)C(O)CCCCCCCCCCCCCCCCCCC. The molecule has 0 saturated heterocycles. The van der Waals surface area contributed by atoms with Gasteiger partial charge in [0, 0.05) is 6.42 Å². The molecule has 72 heavy (non-hydrogen) atoms. The molecule has 0 aromatic rings. The van der Waals surface area contributed by atoms with Crippen molar-refractivity contribution in [1.82, 2.24) is 5.32 Å². The van der Waals surface area contributed by atoms with Crippen molar-refractivity contribution in [3.8, 4) is 0 Å². The number of allylic oxidation sites excluding steroid dienone is 12. The van der Waals surface area contributed by atoms with Crippen LogP contribution in [0.2, 0.25) is 0 Å². The lowest BCUT2D eigenvalue weighted by Crippen LogP contribution is -2.46. The number of rotatable bonds is 56. The fourth-order valence-electron chi connectivity index (χ4n) is 9.27. The van der Waals surface area contributed by atoms with Crippen LogP contribution in [-0.2, 0) is 14.3 Å². The number of carbonyl (C=O) groups is 2. The summed E-state index contributed by atoms with van der Waals surface area (Å²) in [6, 6.07) is -0.716. The second kappa shape index (κ2) is 59.2. The molecule has 0 aromatic heterocycles. The molecule has 0 fully saturated rings. The number of esters is 1. The molecular formula is C66H119NO5. The van der Waals surface area contributed by atoms with Crippen molar-refractivity contribution in [2.45, 2.75) is 328 Å². The Morgan fingerprint density at radius 2 is 0.708 bits per heavy atom. The van der Waals surface area contributed by atoms with E-state index in [-0.39, 0.29) is 24.9 Å². The highest BCUT2D eigenvalue weighted by atomic mass is 16.5. The summed E-state index contributed by atoms with van der Waals surface area (Å²) >= 11 is 0. The summed E-state index contributed by atoms with van der Waals surface area (Å²) in [6.07, 6.45) is 76.8. The maximum Gasteiger partial charge on any atom is 0.306 e. The van der Waals surface area contributed by atoms with Crippen LogP contribution in [0.5, 0.6) is 0 Å². The fourth-order valence-corrected chi connectivity index (χ4v) is 9.27. The van der Waals surface area contributed by atoms with E-state index in [1.165, 1.54) is 161 Å². The van der Waals surface area contributed by atoms with E-state index in [9.17, 15) is 19.8 Å². The molecule has 0 rings (SSSR count). The van der Waals surface area contributed by atoms with Crippen LogP contribution in [-0.4, -0.2) is 46.9 Å². The maximum atomic E-state index is 13.3. The second-order valence-corrected chi connectivity index (χ2v) is 21.1. The third-order valence-corrected chi connectivity index (χ3v) is 14.0. The van der Waals surface area contributed by atoms with Crippen molar-refractivity contribution in [2.24, 2.45) is 0 Å². The first kappa shape index (κ1) is 69.3. The largest absolute Gasteiger partial charge is 0.462 e. The monoisotopic (exact) mass is 1010 g/mol. The Balaban J connectivity index is 4.61. The Kier molecular flexibility index (Phi) is 57.0. The van der Waals surface area contributed by atoms with Crippen molar-refractivity contribution >= 4 is 11.9 Å². The molecule has 0 aliphatic carbocycles. The van der Waals surface area contributed by atoms with E-state index >= 15 is 0 Å². The number of hydrogen-bond acceptors (Lipinski definition) is 5. The zero-order valence-corrected chi connectivity index (χ0v) is 47.8. The van der Waals surface area contributed by atoms with Crippen LogP contribution in [0.15, 0.2) is 72.9 Å². The normalized spacial score (nSPS) is 13.6. The quantitative estimate of drug-likeness (QED) is 0.0320. The van der Waals surface area contributed by atoms with E-state index in [0.29, 0.717) is 19.3 Å². The summed E-state index contributed by atoms with van der Waals surface area (Å²) in [6.45, 7) is 6.45. The topological polar surface area (TPSA) is 95.9 Å². The smallest absolute Gasteiger partial charge is 0.306 e. The minimum Gasteiger partial charge on any atom is -0.462 e. The Morgan fingerprint density at radius 1 is 0.403 bits per heavy atom. The van der Waals surface area contributed by atoms with Crippen molar-refractivity contribution in [3.05, 3.63) is 72.9 Å². The molecule has 0 saturated carbocycles. The first-order chi connectivity index (χ1) is 35.5. The molecule has 3 atom stereocenters. The van der Waals surface area contributed by atoms with Gasteiger partial charge >= 0.3 is 5.97 Å². The maximum absolute atomic E-state index is 13.3. The molecule has 3 N–H and O–H groups in total. The van der Waals surface area contributed by atoms with E-state index in [0.717, 1.165) is 103 Å². The molecule has 6 heteroatoms. The van der Waals surface area contributed by atoms with Crippen LogP contribution in [0.4, 0.5) is 0 Å². The number of hydrogen-bond donors (Lipinski definition) is 3. The van der Waals surface area contributed by atoms with E-state index in [2.05, 4.69) is 99.0 Å². The number of carbonyl (C=O) groups excluding carboxylic acids is 2. The highest BCUT2D eigenvalue weighted by Gasteiger charge is 2.24. The van der Waals surface area contributed by atoms with Crippen molar-refractivity contribution in [3.63, 3.8) is 0 Å². The second-order valence-electron chi connectivity index (χ2n) is 21.1. The number of aliphatic hydroxyl groups excluding tert-OH is 2. The van der Waals surface area contributed by atoms with Crippen molar-refractivity contribution < 1.29 is 24.5 Å².